The molecule has 1 amide bonds. The van der Waals surface area contributed by atoms with Gasteiger partial charge in [0, 0.05) is 18.6 Å². The van der Waals surface area contributed by atoms with Crippen LogP contribution in [0.1, 0.15) is 56.0 Å². The van der Waals surface area contributed by atoms with Gasteiger partial charge in [-0.05, 0) is 30.8 Å². The molecule has 1 unspecified atom stereocenters. The average Bonchev–Trinajstić information content (AvgIpc) is 3.18. The van der Waals surface area contributed by atoms with Gasteiger partial charge in [0.2, 0.25) is 5.56 Å². The van der Waals surface area contributed by atoms with E-state index in [1.165, 1.54) is 4.52 Å². The summed E-state index contributed by atoms with van der Waals surface area (Å²) in [6, 6.07) is 0.0638. The zero-order chi connectivity index (χ0) is 21.6. The molecule has 2 aliphatic rings. The van der Waals surface area contributed by atoms with Crippen molar-refractivity contribution in [3.8, 4) is 5.88 Å². The minimum atomic E-state index is -0.624. The molecule has 5 N–H and O–H groups in total. The van der Waals surface area contributed by atoms with Crippen molar-refractivity contribution in [3.05, 3.63) is 27.6 Å². The second-order valence-corrected chi connectivity index (χ2v) is 9.48. The number of hydrogen-bond acceptors (Lipinski definition) is 5. The average molecular weight is 417 g/mol. The van der Waals surface area contributed by atoms with Gasteiger partial charge in [0.1, 0.15) is 5.56 Å². The summed E-state index contributed by atoms with van der Waals surface area (Å²) in [4.78, 5) is 25.9. The second-order valence-electron chi connectivity index (χ2n) is 9.48. The van der Waals surface area contributed by atoms with E-state index in [-0.39, 0.29) is 28.8 Å². The fourth-order valence-corrected chi connectivity index (χ4v) is 3.74. The number of aromatic amines is 1. The van der Waals surface area contributed by atoms with Gasteiger partial charge in [0.05, 0.1) is 13.2 Å². The maximum Gasteiger partial charge on any atom is 0.378 e. The lowest BCUT2D eigenvalue weighted by Crippen LogP contribution is -2.47. The molecule has 1 aliphatic heterocycles. The Labute approximate surface area is 174 Å². The van der Waals surface area contributed by atoms with Gasteiger partial charge in [0.25, 0.3) is 5.91 Å². The monoisotopic (exact) mass is 416 g/mol. The third-order valence-electron chi connectivity index (χ3n) is 5.40. The van der Waals surface area contributed by atoms with Crippen molar-refractivity contribution in [3.63, 3.8) is 0 Å². The van der Waals surface area contributed by atoms with Crippen LogP contribution in [0.4, 0.5) is 5.82 Å². The first-order valence-corrected chi connectivity index (χ1v) is 10.4. The van der Waals surface area contributed by atoms with E-state index >= 15 is 0 Å². The number of aromatic nitrogens is 3. The van der Waals surface area contributed by atoms with Gasteiger partial charge in [0.15, 0.2) is 5.82 Å². The Hall–Kier alpha value is -2.81. The van der Waals surface area contributed by atoms with E-state index in [1.54, 1.807) is 4.57 Å². The Morgan fingerprint density at radius 2 is 2.13 bits per heavy atom. The Morgan fingerprint density at radius 1 is 1.40 bits per heavy atom. The number of ether oxygens (including phenoxy) is 1. The molecule has 1 aliphatic carbocycles. The van der Waals surface area contributed by atoms with Gasteiger partial charge in [-0.25, -0.2) is 9.89 Å². The molecule has 3 heterocycles. The Morgan fingerprint density at radius 3 is 2.73 bits per heavy atom. The number of hydrogen-bond donors (Lipinski definition) is 4. The van der Waals surface area contributed by atoms with E-state index < -0.39 is 11.5 Å². The summed E-state index contributed by atoms with van der Waals surface area (Å²) in [7, 11) is 0. The van der Waals surface area contributed by atoms with Crippen LogP contribution in [0.25, 0.3) is 11.7 Å². The second kappa shape index (κ2) is 7.46. The van der Waals surface area contributed by atoms with Gasteiger partial charge in [-0.2, -0.15) is 4.57 Å². The fraction of sp³-hybridized carbons (Fsp3) is 0.571. The van der Waals surface area contributed by atoms with E-state index in [0.717, 1.165) is 25.9 Å². The number of H-pyrrole nitrogens is 1. The van der Waals surface area contributed by atoms with Crippen molar-refractivity contribution in [2.45, 2.75) is 52.6 Å². The predicted molar refractivity (Wildman–Crippen MR) is 112 cm³/mol. The highest BCUT2D eigenvalue weighted by Gasteiger charge is 2.36. The van der Waals surface area contributed by atoms with Crippen LogP contribution in [-0.2, 0) is 11.3 Å². The van der Waals surface area contributed by atoms with Crippen molar-refractivity contribution in [1.29, 1.82) is 0 Å². The molecule has 4 rings (SSSR count). The van der Waals surface area contributed by atoms with E-state index in [2.05, 4.69) is 10.4 Å². The number of aromatic hydroxyl groups is 1. The molecule has 30 heavy (non-hydrogen) atoms. The molecule has 0 bridgehead atoms. The van der Waals surface area contributed by atoms with Crippen LogP contribution in [0.2, 0.25) is 0 Å². The van der Waals surface area contributed by atoms with Crippen molar-refractivity contribution in [1.82, 2.24) is 14.9 Å². The van der Waals surface area contributed by atoms with Crippen LogP contribution in [0.15, 0.2) is 10.9 Å². The van der Waals surface area contributed by atoms with Crippen molar-refractivity contribution < 1.29 is 19.2 Å². The Balaban J connectivity index is 1.90. The number of carbonyl (C=O) groups is 1. The number of amides is 1. The molecule has 1 atom stereocenters. The Bertz CT molecular complexity index is 1070. The van der Waals surface area contributed by atoms with Crippen LogP contribution in [0.5, 0.6) is 5.88 Å². The maximum atomic E-state index is 13.1. The predicted octanol–water partition coefficient (Wildman–Crippen LogP) is 1.19. The number of nitrogens with two attached hydrogens (primary N) is 1. The van der Waals surface area contributed by atoms with Gasteiger partial charge in [-0.3, -0.25) is 4.79 Å². The number of anilines is 1. The smallest absolute Gasteiger partial charge is 0.378 e. The molecule has 0 spiro atoms. The molecule has 9 heteroatoms. The van der Waals surface area contributed by atoms with Gasteiger partial charge >= 0.3 is 17.1 Å². The summed E-state index contributed by atoms with van der Waals surface area (Å²) in [6.07, 6.45) is 6.57. The summed E-state index contributed by atoms with van der Waals surface area (Å²) >= 11 is 0. The van der Waals surface area contributed by atoms with Crippen molar-refractivity contribution >= 4 is 23.4 Å². The van der Waals surface area contributed by atoms with E-state index in [9.17, 15) is 14.7 Å². The van der Waals surface area contributed by atoms with Crippen LogP contribution in [0, 0.1) is 11.3 Å². The lowest BCUT2D eigenvalue weighted by atomic mass is 9.96. The summed E-state index contributed by atoms with van der Waals surface area (Å²) in [6.45, 7) is 7.82. The highest BCUT2D eigenvalue weighted by atomic mass is 16.5. The molecule has 162 valence electrons. The van der Waals surface area contributed by atoms with Gasteiger partial charge in [-0.1, -0.05) is 31.4 Å². The molecule has 0 aromatic carbocycles. The SMILES string of the molecule is CC(C)(C)C[n+]1c(O)c(C(=O)NC2CC2)c(=O)n2[nH]c(N)c(/C=C/C3CCOC3)c21. The number of carbonyl (C=O) groups excluding carboxylic acids is 1. The maximum absolute atomic E-state index is 13.1. The summed E-state index contributed by atoms with van der Waals surface area (Å²) < 4.78 is 8.27. The lowest BCUT2D eigenvalue weighted by molar-refractivity contribution is -0.692. The number of nitrogens with one attached hydrogen (secondary N) is 2. The minimum absolute atomic E-state index is 0.0638. The first kappa shape index (κ1) is 20.5. The van der Waals surface area contributed by atoms with Crippen molar-refractivity contribution in [2.24, 2.45) is 11.3 Å². The van der Waals surface area contributed by atoms with Crippen molar-refractivity contribution in [2.75, 3.05) is 18.9 Å². The third kappa shape index (κ3) is 3.94. The first-order valence-electron chi connectivity index (χ1n) is 10.4. The topological polar surface area (TPSA) is 126 Å². The highest BCUT2D eigenvalue weighted by Crippen LogP contribution is 2.25. The van der Waals surface area contributed by atoms with Gasteiger partial charge < -0.3 is 20.9 Å². The molecule has 1 saturated heterocycles. The standard InChI is InChI=1S/C21H29N5O4/c1-21(2,3)11-25-18-14(7-4-12-8-9-30-10-12)16(22)24-26(18)20(29)15(19(25)28)17(27)23-13-5-6-13/h4,7,12-13H,5-6,8-11H2,1-3H3,(H4,22,23,24,27,28,29)/p+1/b7-4+. The zero-order valence-corrected chi connectivity index (χ0v) is 17.7. The summed E-state index contributed by atoms with van der Waals surface area (Å²) in [5.74, 6) is -0.334. The summed E-state index contributed by atoms with van der Waals surface area (Å²) in [5, 5.41) is 16.7. The number of fused-ring (bicyclic) bond motifs is 1. The Kier molecular flexibility index (Phi) is 5.09. The number of nitrogen functional groups attached to an aromatic ring is 1. The molecule has 2 fully saturated rings. The molecule has 0 radical (unpaired) electrons. The number of nitrogens with zero attached hydrogens (tertiary/aromatic N) is 2. The highest BCUT2D eigenvalue weighted by molar-refractivity contribution is 5.96. The zero-order valence-electron chi connectivity index (χ0n) is 17.7. The molecule has 9 nitrogen and oxygen atoms in total. The third-order valence-corrected chi connectivity index (χ3v) is 5.40. The number of rotatable bonds is 5. The largest absolute Gasteiger partial charge is 0.477 e. The molecular weight excluding hydrogens is 386 g/mol. The normalized spacial score (nSPS) is 19.8. The first-order chi connectivity index (χ1) is 14.2. The van der Waals surface area contributed by atoms with Crippen LogP contribution in [0.3, 0.4) is 0 Å². The van der Waals surface area contributed by atoms with Crippen LogP contribution in [-0.4, -0.2) is 39.9 Å². The van der Waals surface area contributed by atoms with E-state index in [4.69, 9.17) is 10.5 Å². The molecule has 2 aromatic heterocycles. The van der Waals surface area contributed by atoms with Gasteiger partial charge in [-0.15, -0.1) is 0 Å². The van der Waals surface area contributed by atoms with E-state index in [0.29, 0.717) is 30.2 Å². The quantitative estimate of drug-likeness (QED) is 0.545. The lowest BCUT2D eigenvalue weighted by Gasteiger charge is -2.18. The molecule has 1 saturated carbocycles. The van der Waals surface area contributed by atoms with E-state index in [1.807, 2.05) is 32.9 Å². The molecular formula is C21H30N5O4+. The fourth-order valence-electron chi connectivity index (χ4n) is 3.74. The van der Waals surface area contributed by atoms with Crippen LogP contribution < -0.4 is 21.2 Å². The molecule has 2 aromatic rings. The van der Waals surface area contributed by atoms with Crippen LogP contribution >= 0.6 is 0 Å². The summed E-state index contributed by atoms with van der Waals surface area (Å²) in [5.41, 5.74) is 6.13. The minimum Gasteiger partial charge on any atom is -0.477 e.